The van der Waals surface area contributed by atoms with Gasteiger partial charge < -0.3 is 9.67 Å². The smallest absolute Gasteiger partial charge is 0.372 e. The molecule has 3 rings (SSSR count). The van der Waals surface area contributed by atoms with Gasteiger partial charge >= 0.3 is 5.97 Å². The van der Waals surface area contributed by atoms with Crippen LogP contribution in [-0.2, 0) is 0 Å². The van der Waals surface area contributed by atoms with Gasteiger partial charge in [-0.3, -0.25) is 0 Å². The lowest BCUT2D eigenvalue weighted by atomic mass is 10.3. The number of carbonyl (C=O) groups is 1. The molecule has 0 atom stereocenters. The van der Waals surface area contributed by atoms with Crippen LogP contribution in [0.4, 0.5) is 0 Å². The lowest BCUT2D eigenvalue weighted by Crippen LogP contribution is -2.10. The van der Waals surface area contributed by atoms with Crippen molar-refractivity contribution in [3.05, 3.63) is 17.7 Å². The minimum Gasteiger partial charge on any atom is -0.475 e. The highest BCUT2D eigenvalue weighted by atomic mass is 16.4. The Morgan fingerprint density at radius 2 is 2.14 bits per heavy atom. The number of aromatic nitrogens is 2. The van der Waals surface area contributed by atoms with E-state index in [2.05, 4.69) is 4.98 Å². The van der Waals surface area contributed by atoms with Crippen molar-refractivity contribution >= 4 is 5.97 Å². The molecule has 0 amide bonds. The molecule has 1 heterocycles. The Labute approximate surface area is 81.6 Å². The van der Waals surface area contributed by atoms with Gasteiger partial charge in [0.05, 0.1) is 0 Å². The average molecular weight is 192 g/mol. The molecule has 1 aromatic rings. The van der Waals surface area contributed by atoms with Gasteiger partial charge in [-0.1, -0.05) is 0 Å². The molecule has 0 saturated heterocycles. The molecule has 1 aromatic heterocycles. The van der Waals surface area contributed by atoms with E-state index in [1.54, 1.807) is 6.20 Å². The molecule has 4 heteroatoms. The van der Waals surface area contributed by atoms with Crippen LogP contribution in [0.5, 0.6) is 0 Å². The zero-order chi connectivity index (χ0) is 9.71. The normalized spacial score (nSPS) is 21.1. The fourth-order valence-corrected chi connectivity index (χ4v) is 1.93. The van der Waals surface area contributed by atoms with Crippen LogP contribution in [0.15, 0.2) is 6.20 Å². The van der Waals surface area contributed by atoms with Crippen molar-refractivity contribution in [3.63, 3.8) is 0 Å². The molecule has 0 aromatic carbocycles. The standard InChI is InChI=1S/C10H12N2O2/c13-10(14)9-11-5-8(6-1-2-6)12(9)7-3-4-7/h5-7H,1-4H2,(H,13,14). The van der Waals surface area contributed by atoms with Crippen molar-refractivity contribution in [1.29, 1.82) is 0 Å². The number of carboxylic acids is 1. The molecule has 2 fully saturated rings. The van der Waals surface area contributed by atoms with E-state index in [4.69, 9.17) is 5.11 Å². The molecule has 0 unspecified atom stereocenters. The van der Waals surface area contributed by atoms with E-state index in [0.29, 0.717) is 12.0 Å². The fourth-order valence-electron chi connectivity index (χ4n) is 1.93. The molecular weight excluding hydrogens is 180 g/mol. The second kappa shape index (κ2) is 2.59. The van der Waals surface area contributed by atoms with Gasteiger partial charge in [-0.2, -0.15) is 0 Å². The first-order chi connectivity index (χ1) is 6.77. The van der Waals surface area contributed by atoms with E-state index in [-0.39, 0.29) is 5.82 Å². The van der Waals surface area contributed by atoms with E-state index < -0.39 is 5.97 Å². The monoisotopic (exact) mass is 192 g/mol. The van der Waals surface area contributed by atoms with E-state index in [1.807, 2.05) is 4.57 Å². The topological polar surface area (TPSA) is 55.1 Å². The van der Waals surface area contributed by atoms with Crippen LogP contribution < -0.4 is 0 Å². The minimum absolute atomic E-state index is 0.231. The van der Waals surface area contributed by atoms with Crippen molar-refractivity contribution in [1.82, 2.24) is 9.55 Å². The summed E-state index contributed by atoms with van der Waals surface area (Å²) < 4.78 is 1.94. The van der Waals surface area contributed by atoms with Crippen LogP contribution >= 0.6 is 0 Å². The van der Waals surface area contributed by atoms with Crippen molar-refractivity contribution in [3.8, 4) is 0 Å². The second-order valence-corrected chi connectivity index (χ2v) is 4.19. The van der Waals surface area contributed by atoms with E-state index >= 15 is 0 Å². The van der Waals surface area contributed by atoms with Gasteiger partial charge in [-0.05, 0) is 25.7 Å². The van der Waals surface area contributed by atoms with Crippen molar-refractivity contribution in [2.75, 3.05) is 0 Å². The minimum atomic E-state index is -0.899. The Morgan fingerprint density at radius 1 is 1.43 bits per heavy atom. The number of imidazole rings is 1. The molecule has 0 spiro atoms. The van der Waals surface area contributed by atoms with Gasteiger partial charge in [0.1, 0.15) is 0 Å². The van der Waals surface area contributed by atoms with Gasteiger partial charge in [0.15, 0.2) is 0 Å². The van der Waals surface area contributed by atoms with Gasteiger partial charge in [-0.15, -0.1) is 0 Å². The predicted molar refractivity (Wildman–Crippen MR) is 49.4 cm³/mol. The summed E-state index contributed by atoms with van der Waals surface area (Å²) in [6.07, 6.45) is 6.35. The zero-order valence-corrected chi connectivity index (χ0v) is 7.81. The fraction of sp³-hybridized carbons (Fsp3) is 0.600. The third-order valence-corrected chi connectivity index (χ3v) is 2.92. The molecule has 74 valence electrons. The number of hydrogen-bond acceptors (Lipinski definition) is 2. The number of nitrogens with zero attached hydrogens (tertiary/aromatic N) is 2. The van der Waals surface area contributed by atoms with Crippen molar-refractivity contribution < 1.29 is 9.90 Å². The third kappa shape index (κ3) is 1.14. The number of hydrogen-bond donors (Lipinski definition) is 1. The molecule has 2 aliphatic carbocycles. The Kier molecular flexibility index (Phi) is 1.48. The Balaban J connectivity index is 2.06. The summed E-state index contributed by atoms with van der Waals surface area (Å²) in [6, 6.07) is 0.416. The lowest BCUT2D eigenvalue weighted by molar-refractivity contribution is 0.0677. The molecule has 0 aliphatic heterocycles. The average Bonchev–Trinajstić information content (AvgIpc) is 3.03. The number of carboxylic acid groups (broad SMARTS) is 1. The maximum atomic E-state index is 10.9. The van der Waals surface area contributed by atoms with E-state index in [0.717, 1.165) is 18.5 Å². The molecule has 0 bridgehead atoms. The van der Waals surface area contributed by atoms with Crippen LogP contribution in [0, 0.1) is 0 Å². The molecule has 4 nitrogen and oxygen atoms in total. The maximum absolute atomic E-state index is 10.9. The van der Waals surface area contributed by atoms with Crippen LogP contribution in [0.25, 0.3) is 0 Å². The summed E-state index contributed by atoms with van der Waals surface area (Å²) >= 11 is 0. The highest BCUT2D eigenvalue weighted by molar-refractivity contribution is 5.83. The summed E-state index contributed by atoms with van der Waals surface area (Å²) in [4.78, 5) is 14.9. The first-order valence-electron chi connectivity index (χ1n) is 5.08. The third-order valence-electron chi connectivity index (χ3n) is 2.92. The molecule has 2 saturated carbocycles. The van der Waals surface area contributed by atoms with Crippen molar-refractivity contribution in [2.24, 2.45) is 0 Å². The highest BCUT2D eigenvalue weighted by Crippen LogP contribution is 2.45. The Morgan fingerprint density at radius 3 is 2.64 bits per heavy atom. The summed E-state index contributed by atoms with van der Waals surface area (Å²) in [7, 11) is 0. The first-order valence-corrected chi connectivity index (χ1v) is 5.08. The van der Waals surface area contributed by atoms with Crippen LogP contribution in [0.1, 0.15) is 54.0 Å². The van der Waals surface area contributed by atoms with Gasteiger partial charge in [-0.25, -0.2) is 9.78 Å². The van der Waals surface area contributed by atoms with E-state index in [1.165, 1.54) is 12.8 Å². The van der Waals surface area contributed by atoms with E-state index in [9.17, 15) is 4.79 Å². The molecule has 14 heavy (non-hydrogen) atoms. The largest absolute Gasteiger partial charge is 0.475 e. The lowest BCUT2D eigenvalue weighted by Gasteiger charge is -2.06. The van der Waals surface area contributed by atoms with Gasteiger partial charge in [0.2, 0.25) is 5.82 Å². The Hall–Kier alpha value is -1.32. The van der Waals surface area contributed by atoms with Gasteiger partial charge in [0.25, 0.3) is 0 Å². The SMILES string of the molecule is O=C(O)c1ncc(C2CC2)n1C1CC1. The number of rotatable bonds is 3. The molecular formula is C10H12N2O2. The van der Waals surface area contributed by atoms with Crippen LogP contribution in [-0.4, -0.2) is 20.6 Å². The van der Waals surface area contributed by atoms with Crippen LogP contribution in [0.2, 0.25) is 0 Å². The highest BCUT2D eigenvalue weighted by Gasteiger charge is 2.36. The van der Waals surface area contributed by atoms with Crippen molar-refractivity contribution in [2.45, 2.75) is 37.6 Å². The first kappa shape index (κ1) is 8.03. The number of aromatic carboxylic acids is 1. The summed E-state index contributed by atoms with van der Waals surface area (Å²) in [5, 5.41) is 8.97. The second-order valence-electron chi connectivity index (χ2n) is 4.19. The summed E-state index contributed by atoms with van der Waals surface area (Å²) in [6.45, 7) is 0. The molecule has 0 radical (unpaired) electrons. The quantitative estimate of drug-likeness (QED) is 0.794. The molecule has 2 aliphatic rings. The molecule has 1 N–H and O–H groups in total. The summed E-state index contributed by atoms with van der Waals surface area (Å²) in [5.41, 5.74) is 1.14. The summed E-state index contributed by atoms with van der Waals surface area (Å²) in [5.74, 6) is -0.0885. The zero-order valence-electron chi connectivity index (χ0n) is 7.81. The van der Waals surface area contributed by atoms with Crippen LogP contribution in [0.3, 0.4) is 0 Å². The maximum Gasteiger partial charge on any atom is 0.372 e. The van der Waals surface area contributed by atoms with Gasteiger partial charge in [0, 0.05) is 23.9 Å². The Bertz CT molecular complexity index is 389. The predicted octanol–water partition coefficient (Wildman–Crippen LogP) is 1.79.